The first-order valence-electron chi connectivity index (χ1n) is 8.09. The number of hydrogen-bond donors (Lipinski definition) is 2. The van der Waals surface area contributed by atoms with E-state index in [1.807, 2.05) is 44.0 Å². The van der Waals surface area contributed by atoms with Gasteiger partial charge < -0.3 is 19.9 Å². The van der Waals surface area contributed by atoms with Crippen LogP contribution in [-0.2, 0) is 4.74 Å². The van der Waals surface area contributed by atoms with E-state index in [2.05, 4.69) is 15.3 Å². The fourth-order valence-corrected chi connectivity index (χ4v) is 2.95. The Labute approximate surface area is 136 Å². The monoisotopic (exact) mass is 316 g/mol. The van der Waals surface area contributed by atoms with E-state index in [4.69, 9.17) is 4.74 Å². The van der Waals surface area contributed by atoms with Crippen molar-refractivity contribution in [3.63, 3.8) is 0 Å². The van der Waals surface area contributed by atoms with Gasteiger partial charge in [-0.15, -0.1) is 0 Å². The molecule has 0 bridgehead atoms. The van der Waals surface area contributed by atoms with E-state index in [0.29, 0.717) is 6.54 Å². The second kappa shape index (κ2) is 6.10. The Hall–Kier alpha value is -2.24. The number of carbonyl (C=O) groups is 1. The van der Waals surface area contributed by atoms with Gasteiger partial charge in [-0.05, 0) is 45.7 Å². The lowest BCUT2D eigenvalue weighted by atomic mass is 10.2. The molecule has 0 spiro atoms. The van der Waals surface area contributed by atoms with E-state index in [1.54, 1.807) is 6.20 Å². The Morgan fingerprint density at radius 3 is 3.09 bits per heavy atom. The second-order valence-corrected chi connectivity index (χ2v) is 6.95. The van der Waals surface area contributed by atoms with Crippen molar-refractivity contribution in [1.29, 1.82) is 0 Å². The summed E-state index contributed by atoms with van der Waals surface area (Å²) >= 11 is 0. The Kier molecular flexibility index (Phi) is 4.15. The summed E-state index contributed by atoms with van der Waals surface area (Å²) in [7, 11) is 0. The number of aromatic amines is 1. The molecule has 1 aliphatic heterocycles. The molecule has 3 heterocycles. The molecule has 1 aliphatic rings. The Balaban J connectivity index is 1.65. The SMILES string of the molecule is CC(C)(C)OC(=O)N1CCCC1CNc1ccnc2[nH]ccc12. The number of amides is 1. The van der Waals surface area contributed by atoms with Crippen LogP contribution in [0.2, 0.25) is 0 Å². The molecule has 1 fully saturated rings. The molecule has 1 saturated heterocycles. The van der Waals surface area contributed by atoms with Crippen LogP contribution in [0.3, 0.4) is 0 Å². The summed E-state index contributed by atoms with van der Waals surface area (Å²) in [6.45, 7) is 7.16. The number of pyridine rings is 1. The number of nitrogens with one attached hydrogen (secondary N) is 2. The van der Waals surface area contributed by atoms with Gasteiger partial charge in [-0.2, -0.15) is 0 Å². The average molecular weight is 316 g/mol. The molecule has 0 radical (unpaired) electrons. The van der Waals surface area contributed by atoms with Crippen molar-refractivity contribution >= 4 is 22.8 Å². The number of hydrogen-bond acceptors (Lipinski definition) is 4. The van der Waals surface area contributed by atoms with Crippen molar-refractivity contribution in [2.75, 3.05) is 18.4 Å². The van der Waals surface area contributed by atoms with Crippen LogP contribution in [0.5, 0.6) is 0 Å². The standard InChI is InChI=1S/C17H24N4O2/c1-17(2,3)23-16(22)21-10-4-5-12(21)11-20-14-7-9-19-15-13(14)6-8-18-15/h6-9,12H,4-5,10-11H2,1-3H3,(H2,18,19,20). The van der Waals surface area contributed by atoms with Crippen molar-refractivity contribution in [3.05, 3.63) is 24.5 Å². The zero-order chi connectivity index (χ0) is 16.4. The zero-order valence-electron chi connectivity index (χ0n) is 13.9. The maximum Gasteiger partial charge on any atom is 0.410 e. The normalized spacial score (nSPS) is 18.4. The maximum atomic E-state index is 12.3. The summed E-state index contributed by atoms with van der Waals surface area (Å²) in [5.74, 6) is 0. The predicted molar refractivity (Wildman–Crippen MR) is 90.5 cm³/mol. The Morgan fingerprint density at radius 1 is 1.48 bits per heavy atom. The van der Waals surface area contributed by atoms with Crippen LogP contribution in [0, 0.1) is 0 Å². The first-order chi connectivity index (χ1) is 10.9. The lowest BCUT2D eigenvalue weighted by Gasteiger charge is -2.29. The smallest absolute Gasteiger partial charge is 0.410 e. The number of nitrogens with zero attached hydrogens (tertiary/aromatic N) is 2. The van der Waals surface area contributed by atoms with E-state index in [-0.39, 0.29) is 12.1 Å². The second-order valence-electron chi connectivity index (χ2n) is 6.95. The summed E-state index contributed by atoms with van der Waals surface area (Å²) in [6, 6.07) is 4.13. The largest absolute Gasteiger partial charge is 0.444 e. The van der Waals surface area contributed by atoms with Gasteiger partial charge in [0.15, 0.2) is 0 Å². The van der Waals surface area contributed by atoms with Crippen LogP contribution in [0.15, 0.2) is 24.5 Å². The molecule has 3 rings (SSSR count). The van der Waals surface area contributed by atoms with Gasteiger partial charge in [-0.3, -0.25) is 0 Å². The number of rotatable bonds is 3. The molecule has 23 heavy (non-hydrogen) atoms. The Bertz CT molecular complexity index is 689. The highest BCUT2D eigenvalue weighted by molar-refractivity contribution is 5.89. The van der Waals surface area contributed by atoms with Gasteiger partial charge >= 0.3 is 6.09 Å². The maximum absolute atomic E-state index is 12.3. The minimum absolute atomic E-state index is 0.159. The van der Waals surface area contributed by atoms with Gasteiger partial charge in [-0.25, -0.2) is 9.78 Å². The molecule has 0 aromatic carbocycles. The summed E-state index contributed by atoms with van der Waals surface area (Å²) in [4.78, 5) is 21.5. The lowest BCUT2D eigenvalue weighted by Crippen LogP contribution is -2.42. The number of ether oxygens (including phenoxy) is 1. The highest BCUT2D eigenvalue weighted by Crippen LogP contribution is 2.24. The highest BCUT2D eigenvalue weighted by atomic mass is 16.6. The van der Waals surface area contributed by atoms with Crippen molar-refractivity contribution in [2.45, 2.75) is 45.3 Å². The third-order valence-electron chi connectivity index (χ3n) is 3.99. The molecular weight excluding hydrogens is 292 g/mol. The van der Waals surface area contributed by atoms with Crippen LogP contribution in [0.4, 0.5) is 10.5 Å². The third-order valence-corrected chi connectivity index (χ3v) is 3.99. The zero-order valence-corrected chi connectivity index (χ0v) is 13.9. The van der Waals surface area contributed by atoms with Crippen molar-refractivity contribution in [1.82, 2.24) is 14.9 Å². The van der Waals surface area contributed by atoms with Gasteiger partial charge in [0.1, 0.15) is 11.2 Å². The first kappa shape index (κ1) is 15.6. The van der Waals surface area contributed by atoms with Gasteiger partial charge in [0.2, 0.25) is 0 Å². The number of H-pyrrole nitrogens is 1. The molecule has 0 aliphatic carbocycles. The van der Waals surface area contributed by atoms with Gasteiger partial charge in [0.05, 0.1) is 6.04 Å². The molecule has 1 atom stereocenters. The average Bonchev–Trinajstić information content (AvgIpc) is 3.12. The lowest BCUT2D eigenvalue weighted by molar-refractivity contribution is 0.0235. The topological polar surface area (TPSA) is 70.2 Å². The van der Waals surface area contributed by atoms with Crippen LogP contribution in [0.25, 0.3) is 11.0 Å². The molecule has 124 valence electrons. The molecule has 2 N–H and O–H groups in total. The van der Waals surface area contributed by atoms with E-state index < -0.39 is 5.60 Å². The summed E-state index contributed by atoms with van der Waals surface area (Å²) < 4.78 is 5.51. The van der Waals surface area contributed by atoms with Gasteiger partial charge in [0.25, 0.3) is 0 Å². The summed E-state index contributed by atoms with van der Waals surface area (Å²) in [5, 5.41) is 4.52. The number of aromatic nitrogens is 2. The minimum Gasteiger partial charge on any atom is -0.444 e. The molecule has 2 aromatic heterocycles. The molecule has 2 aromatic rings. The van der Waals surface area contributed by atoms with E-state index in [9.17, 15) is 4.79 Å². The minimum atomic E-state index is -0.458. The highest BCUT2D eigenvalue weighted by Gasteiger charge is 2.31. The molecule has 0 saturated carbocycles. The van der Waals surface area contributed by atoms with Crippen molar-refractivity contribution in [2.24, 2.45) is 0 Å². The van der Waals surface area contributed by atoms with E-state index >= 15 is 0 Å². The summed E-state index contributed by atoms with van der Waals surface area (Å²) in [5.41, 5.74) is 1.44. The van der Waals surface area contributed by atoms with Gasteiger partial charge in [0, 0.05) is 36.6 Å². The van der Waals surface area contributed by atoms with Crippen molar-refractivity contribution < 1.29 is 9.53 Å². The summed E-state index contributed by atoms with van der Waals surface area (Å²) in [6.07, 6.45) is 5.45. The molecule has 6 nitrogen and oxygen atoms in total. The number of anilines is 1. The number of fused-ring (bicyclic) bond motifs is 1. The first-order valence-corrected chi connectivity index (χ1v) is 8.09. The fraction of sp³-hybridized carbons (Fsp3) is 0.529. The van der Waals surface area contributed by atoms with E-state index in [1.165, 1.54) is 0 Å². The molecular formula is C17H24N4O2. The quantitative estimate of drug-likeness (QED) is 0.911. The predicted octanol–water partition coefficient (Wildman–Crippen LogP) is 3.37. The molecule has 1 unspecified atom stereocenters. The van der Waals surface area contributed by atoms with Crippen LogP contribution < -0.4 is 5.32 Å². The Morgan fingerprint density at radius 2 is 2.30 bits per heavy atom. The van der Waals surface area contributed by atoms with E-state index in [0.717, 1.165) is 36.1 Å². The number of likely N-dealkylation sites (tertiary alicyclic amines) is 1. The molecule has 6 heteroatoms. The van der Waals surface area contributed by atoms with Crippen LogP contribution >= 0.6 is 0 Å². The van der Waals surface area contributed by atoms with Gasteiger partial charge in [-0.1, -0.05) is 0 Å². The fourth-order valence-electron chi connectivity index (χ4n) is 2.95. The number of carbonyl (C=O) groups excluding carboxylic acids is 1. The van der Waals surface area contributed by atoms with Crippen LogP contribution in [-0.4, -0.2) is 45.7 Å². The van der Waals surface area contributed by atoms with Crippen molar-refractivity contribution in [3.8, 4) is 0 Å². The van der Waals surface area contributed by atoms with Crippen LogP contribution in [0.1, 0.15) is 33.6 Å². The third kappa shape index (κ3) is 3.57. The molecule has 1 amide bonds.